The molecule has 20 heavy (non-hydrogen) atoms. The van der Waals surface area contributed by atoms with Gasteiger partial charge in [0.25, 0.3) is 5.91 Å². The number of rotatable bonds is 5. The van der Waals surface area contributed by atoms with Gasteiger partial charge in [-0.05, 0) is 30.0 Å². The van der Waals surface area contributed by atoms with Crippen LogP contribution in [0.4, 0.5) is 0 Å². The van der Waals surface area contributed by atoms with Crippen molar-refractivity contribution >= 4 is 17.2 Å². The van der Waals surface area contributed by atoms with E-state index in [0.29, 0.717) is 16.2 Å². The number of thiophene rings is 1. The van der Waals surface area contributed by atoms with Crippen LogP contribution in [0.5, 0.6) is 5.75 Å². The van der Waals surface area contributed by atoms with E-state index < -0.39 is 6.10 Å². The van der Waals surface area contributed by atoms with Gasteiger partial charge in [0.05, 0.1) is 18.1 Å². The van der Waals surface area contributed by atoms with E-state index in [9.17, 15) is 9.90 Å². The normalized spacial score (nSPS) is 11.9. The van der Waals surface area contributed by atoms with E-state index in [1.165, 1.54) is 11.3 Å². The van der Waals surface area contributed by atoms with Crippen molar-refractivity contribution in [2.45, 2.75) is 13.0 Å². The Morgan fingerprint density at radius 2 is 2.15 bits per heavy atom. The van der Waals surface area contributed by atoms with Gasteiger partial charge < -0.3 is 15.2 Å². The molecule has 1 aromatic carbocycles. The van der Waals surface area contributed by atoms with E-state index >= 15 is 0 Å². The molecule has 0 saturated heterocycles. The number of carbonyl (C=O) groups excluding carboxylic acids is 1. The van der Waals surface area contributed by atoms with Crippen molar-refractivity contribution in [3.05, 3.63) is 51.7 Å². The number of amides is 1. The summed E-state index contributed by atoms with van der Waals surface area (Å²) in [5.41, 5.74) is 1.61. The standard InChI is InChI=1S/C15H17NO3S/c1-10-7-8-20-14(10)15(18)16-9-12(17)11-5-3-4-6-13(11)19-2/h3-8,12,17H,9H2,1-2H3,(H,16,18). The number of aliphatic hydroxyl groups excluding tert-OH is 1. The molecule has 0 aliphatic carbocycles. The van der Waals surface area contributed by atoms with E-state index in [0.717, 1.165) is 5.56 Å². The molecule has 0 fully saturated rings. The summed E-state index contributed by atoms with van der Waals surface area (Å²) in [6, 6.07) is 9.13. The van der Waals surface area contributed by atoms with Crippen molar-refractivity contribution in [1.82, 2.24) is 5.32 Å². The van der Waals surface area contributed by atoms with Gasteiger partial charge in [0, 0.05) is 12.1 Å². The van der Waals surface area contributed by atoms with Crippen molar-refractivity contribution in [1.29, 1.82) is 0 Å². The van der Waals surface area contributed by atoms with E-state index in [1.807, 2.05) is 30.5 Å². The lowest BCUT2D eigenvalue weighted by atomic mass is 10.1. The molecule has 0 radical (unpaired) electrons. The molecular weight excluding hydrogens is 274 g/mol. The van der Waals surface area contributed by atoms with Gasteiger partial charge in [0.1, 0.15) is 5.75 Å². The molecule has 106 valence electrons. The first-order valence-corrected chi connectivity index (χ1v) is 7.14. The molecule has 4 nitrogen and oxygen atoms in total. The topological polar surface area (TPSA) is 58.6 Å². The molecular formula is C15H17NO3S. The molecule has 2 N–H and O–H groups in total. The molecule has 1 atom stereocenters. The van der Waals surface area contributed by atoms with Crippen LogP contribution in [0.1, 0.15) is 26.9 Å². The molecule has 2 rings (SSSR count). The third kappa shape index (κ3) is 3.18. The van der Waals surface area contributed by atoms with Crippen LogP contribution in [-0.2, 0) is 0 Å². The molecule has 0 aliphatic rings. The third-order valence-electron chi connectivity index (χ3n) is 3.02. The Morgan fingerprint density at radius 3 is 2.80 bits per heavy atom. The highest BCUT2D eigenvalue weighted by molar-refractivity contribution is 7.12. The molecule has 2 aromatic rings. The fourth-order valence-electron chi connectivity index (χ4n) is 1.93. The van der Waals surface area contributed by atoms with Gasteiger partial charge in [0.15, 0.2) is 0 Å². The molecule has 1 aromatic heterocycles. The zero-order chi connectivity index (χ0) is 14.5. The summed E-state index contributed by atoms with van der Waals surface area (Å²) in [5.74, 6) is 0.452. The van der Waals surface area contributed by atoms with Crippen molar-refractivity contribution < 1.29 is 14.6 Å². The number of hydrogen-bond acceptors (Lipinski definition) is 4. The quantitative estimate of drug-likeness (QED) is 0.890. The minimum absolute atomic E-state index is 0.149. The van der Waals surface area contributed by atoms with Crippen LogP contribution in [0.3, 0.4) is 0 Å². The van der Waals surface area contributed by atoms with Gasteiger partial charge in [0.2, 0.25) is 0 Å². The Kier molecular flexibility index (Phi) is 4.76. The maximum atomic E-state index is 12.0. The second-order valence-corrected chi connectivity index (χ2v) is 5.32. The molecule has 1 amide bonds. The minimum atomic E-state index is -0.796. The van der Waals surface area contributed by atoms with Crippen molar-refractivity contribution in [3.63, 3.8) is 0 Å². The van der Waals surface area contributed by atoms with Gasteiger partial charge in [-0.15, -0.1) is 11.3 Å². The zero-order valence-electron chi connectivity index (χ0n) is 11.4. The Labute approximate surface area is 122 Å². The number of benzene rings is 1. The number of hydrogen-bond donors (Lipinski definition) is 2. The summed E-state index contributed by atoms with van der Waals surface area (Å²) in [4.78, 5) is 12.7. The number of ether oxygens (including phenoxy) is 1. The third-order valence-corrected chi connectivity index (χ3v) is 4.04. The SMILES string of the molecule is COc1ccccc1C(O)CNC(=O)c1sccc1C. The number of nitrogens with one attached hydrogen (secondary N) is 1. The molecule has 5 heteroatoms. The van der Waals surface area contributed by atoms with E-state index in [-0.39, 0.29) is 12.5 Å². The Balaban J connectivity index is 2.00. The van der Waals surface area contributed by atoms with Crippen LogP contribution in [-0.4, -0.2) is 24.7 Å². The highest BCUT2D eigenvalue weighted by atomic mass is 32.1. The summed E-state index contributed by atoms with van der Waals surface area (Å²) in [6.45, 7) is 2.04. The lowest BCUT2D eigenvalue weighted by molar-refractivity contribution is 0.0918. The minimum Gasteiger partial charge on any atom is -0.496 e. The van der Waals surface area contributed by atoms with Crippen molar-refractivity contribution in [3.8, 4) is 5.75 Å². The highest BCUT2D eigenvalue weighted by Gasteiger charge is 2.15. The molecule has 0 spiro atoms. The van der Waals surface area contributed by atoms with Gasteiger partial charge in [-0.1, -0.05) is 18.2 Å². The number of aliphatic hydroxyl groups is 1. The summed E-state index contributed by atoms with van der Waals surface area (Å²) in [6.07, 6.45) is -0.796. The molecule has 0 saturated carbocycles. The predicted molar refractivity (Wildman–Crippen MR) is 79.3 cm³/mol. The second-order valence-electron chi connectivity index (χ2n) is 4.40. The first kappa shape index (κ1) is 14.6. The summed E-state index contributed by atoms with van der Waals surface area (Å²) in [5, 5.41) is 14.8. The number of aryl methyl sites for hydroxylation is 1. The van der Waals surface area contributed by atoms with Crippen LogP contribution >= 0.6 is 11.3 Å². The van der Waals surface area contributed by atoms with Gasteiger partial charge >= 0.3 is 0 Å². The predicted octanol–water partition coefficient (Wildman–Crippen LogP) is 2.53. The molecule has 0 aliphatic heterocycles. The average Bonchev–Trinajstić information content (AvgIpc) is 2.90. The van der Waals surface area contributed by atoms with Crippen LogP contribution < -0.4 is 10.1 Å². The van der Waals surface area contributed by atoms with Crippen LogP contribution in [0.2, 0.25) is 0 Å². The van der Waals surface area contributed by atoms with E-state index in [4.69, 9.17) is 4.74 Å². The van der Waals surface area contributed by atoms with Crippen LogP contribution in [0, 0.1) is 6.92 Å². The largest absolute Gasteiger partial charge is 0.496 e. The van der Waals surface area contributed by atoms with Gasteiger partial charge in [-0.25, -0.2) is 0 Å². The summed E-state index contributed by atoms with van der Waals surface area (Å²) < 4.78 is 5.19. The lowest BCUT2D eigenvalue weighted by Crippen LogP contribution is -2.28. The van der Waals surface area contributed by atoms with Crippen molar-refractivity contribution in [2.24, 2.45) is 0 Å². The Hall–Kier alpha value is -1.85. The van der Waals surface area contributed by atoms with Gasteiger partial charge in [-0.2, -0.15) is 0 Å². The fraction of sp³-hybridized carbons (Fsp3) is 0.267. The van der Waals surface area contributed by atoms with E-state index in [2.05, 4.69) is 5.32 Å². The summed E-state index contributed by atoms with van der Waals surface area (Å²) in [7, 11) is 1.55. The Bertz CT molecular complexity index is 594. The molecule has 1 unspecified atom stereocenters. The van der Waals surface area contributed by atoms with E-state index in [1.54, 1.807) is 19.2 Å². The monoisotopic (exact) mass is 291 g/mol. The average molecular weight is 291 g/mol. The number of methoxy groups -OCH3 is 1. The summed E-state index contributed by atoms with van der Waals surface area (Å²) >= 11 is 1.39. The number of para-hydroxylation sites is 1. The van der Waals surface area contributed by atoms with Crippen LogP contribution in [0.25, 0.3) is 0 Å². The van der Waals surface area contributed by atoms with Gasteiger partial charge in [-0.3, -0.25) is 4.79 Å². The Morgan fingerprint density at radius 1 is 1.40 bits per heavy atom. The smallest absolute Gasteiger partial charge is 0.261 e. The van der Waals surface area contributed by atoms with Crippen molar-refractivity contribution in [2.75, 3.05) is 13.7 Å². The number of carbonyl (C=O) groups is 1. The van der Waals surface area contributed by atoms with Crippen LogP contribution in [0.15, 0.2) is 35.7 Å². The highest BCUT2D eigenvalue weighted by Crippen LogP contribution is 2.24. The molecule has 0 bridgehead atoms. The first-order chi connectivity index (χ1) is 9.63. The second kappa shape index (κ2) is 6.54. The zero-order valence-corrected chi connectivity index (χ0v) is 12.2. The first-order valence-electron chi connectivity index (χ1n) is 6.26. The lowest BCUT2D eigenvalue weighted by Gasteiger charge is -2.15. The molecule has 1 heterocycles. The maximum absolute atomic E-state index is 12.0. The maximum Gasteiger partial charge on any atom is 0.261 e. The fourth-order valence-corrected chi connectivity index (χ4v) is 2.77.